The van der Waals surface area contributed by atoms with Crippen LogP contribution in [0.4, 0.5) is 10.9 Å². The van der Waals surface area contributed by atoms with E-state index >= 15 is 0 Å². The van der Waals surface area contributed by atoms with Gasteiger partial charge in [0.1, 0.15) is 11.3 Å². The topological polar surface area (TPSA) is 92.7 Å². The third-order valence-corrected chi connectivity index (χ3v) is 4.50. The molecule has 0 saturated heterocycles. The molecule has 3 rings (SSSR count). The highest BCUT2D eigenvalue weighted by atomic mass is 32.1. The Labute approximate surface area is 140 Å². The van der Waals surface area contributed by atoms with Crippen LogP contribution in [0.1, 0.15) is 20.2 Å². The average Bonchev–Trinajstić information content (AvgIpc) is 3.20. The Morgan fingerprint density at radius 2 is 2.17 bits per heavy atom. The Bertz CT molecular complexity index is 769. The minimum atomic E-state index is -0.251. The predicted molar refractivity (Wildman–Crippen MR) is 91.1 cm³/mol. The van der Waals surface area contributed by atoms with Gasteiger partial charge < -0.3 is 5.32 Å². The Balaban J connectivity index is 1.51. The molecule has 0 unspecified atom stereocenters. The lowest BCUT2D eigenvalue weighted by Gasteiger charge is -2.05. The molecule has 0 fully saturated rings. The number of nitrogens with zero attached hydrogens (tertiary/aromatic N) is 4. The molecule has 0 radical (unpaired) electrons. The molecular weight excluding hydrogens is 332 g/mol. The minimum Gasteiger partial charge on any atom is -0.370 e. The van der Waals surface area contributed by atoms with Gasteiger partial charge >= 0.3 is 0 Å². The lowest BCUT2D eigenvalue weighted by Crippen LogP contribution is -2.12. The first-order valence-corrected chi connectivity index (χ1v) is 8.59. The van der Waals surface area contributed by atoms with Crippen molar-refractivity contribution in [1.82, 2.24) is 20.2 Å². The van der Waals surface area contributed by atoms with Crippen molar-refractivity contribution in [2.75, 3.05) is 17.2 Å². The zero-order valence-electron chi connectivity index (χ0n) is 12.3. The molecule has 1 amide bonds. The van der Waals surface area contributed by atoms with Crippen LogP contribution in [0.15, 0.2) is 30.0 Å². The van der Waals surface area contributed by atoms with Crippen LogP contribution in [0.3, 0.4) is 0 Å². The molecule has 0 aliphatic rings. The number of hydrogen-bond acceptors (Lipinski definition) is 8. The van der Waals surface area contributed by atoms with Gasteiger partial charge in [0.25, 0.3) is 5.91 Å². The zero-order chi connectivity index (χ0) is 16.1. The first kappa shape index (κ1) is 15.5. The van der Waals surface area contributed by atoms with Crippen LogP contribution in [0.5, 0.6) is 0 Å². The highest BCUT2D eigenvalue weighted by molar-refractivity contribution is 7.13. The van der Waals surface area contributed by atoms with E-state index in [0.29, 0.717) is 10.7 Å². The van der Waals surface area contributed by atoms with Crippen molar-refractivity contribution in [3.63, 3.8) is 0 Å². The number of aromatic nitrogens is 4. The van der Waals surface area contributed by atoms with Gasteiger partial charge in [-0.1, -0.05) is 11.3 Å². The van der Waals surface area contributed by atoms with Crippen molar-refractivity contribution in [3.8, 4) is 0 Å². The standard InChI is InChI=1S/C14H14N6OS2/c1-9-6-17-12(23-9)4-5-15-11-3-2-10(7-16-11)13(21)19-14-20-18-8-22-14/h2-3,6-8H,4-5H2,1H3,(H,15,16)(H,19,20,21). The van der Waals surface area contributed by atoms with E-state index in [9.17, 15) is 4.79 Å². The fourth-order valence-electron chi connectivity index (χ4n) is 1.84. The van der Waals surface area contributed by atoms with Gasteiger partial charge in [-0.25, -0.2) is 9.97 Å². The molecule has 0 aliphatic carbocycles. The monoisotopic (exact) mass is 346 g/mol. The maximum atomic E-state index is 12.0. The van der Waals surface area contributed by atoms with Crippen molar-refractivity contribution in [2.45, 2.75) is 13.3 Å². The van der Waals surface area contributed by atoms with Crippen LogP contribution in [0.25, 0.3) is 0 Å². The van der Waals surface area contributed by atoms with Gasteiger partial charge in [0, 0.05) is 30.2 Å². The number of thiazole rings is 1. The number of rotatable bonds is 6. The summed E-state index contributed by atoms with van der Waals surface area (Å²) in [7, 11) is 0. The average molecular weight is 346 g/mol. The summed E-state index contributed by atoms with van der Waals surface area (Å²) in [5.41, 5.74) is 2.03. The number of pyridine rings is 1. The predicted octanol–water partition coefficient (Wildman–Crippen LogP) is 2.60. The number of carbonyl (C=O) groups excluding carboxylic acids is 1. The molecule has 0 aromatic carbocycles. The van der Waals surface area contributed by atoms with E-state index in [4.69, 9.17) is 0 Å². The maximum Gasteiger partial charge on any atom is 0.259 e. The third-order valence-electron chi connectivity index (χ3n) is 2.92. The molecule has 0 spiro atoms. The van der Waals surface area contributed by atoms with Crippen LogP contribution in [0.2, 0.25) is 0 Å². The minimum absolute atomic E-state index is 0.251. The van der Waals surface area contributed by atoms with Gasteiger partial charge in [-0.2, -0.15) is 0 Å². The van der Waals surface area contributed by atoms with Gasteiger partial charge in [-0.15, -0.1) is 21.5 Å². The third kappa shape index (κ3) is 4.30. The Kier molecular flexibility index (Phi) is 4.89. The zero-order valence-corrected chi connectivity index (χ0v) is 13.9. The maximum absolute atomic E-state index is 12.0. The fourth-order valence-corrected chi connectivity index (χ4v) is 3.07. The quantitative estimate of drug-likeness (QED) is 0.713. The summed E-state index contributed by atoms with van der Waals surface area (Å²) >= 11 is 2.96. The van der Waals surface area contributed by atoms with Gasteiger partial charge in [0.05, 0.1) is 10.6 Å². The first-order chi connectivity index (χ1) is 11.2. The molecule has 2 N–H and O–H groups in total. The lowest BCUT2D eigenvalue weighted by molar-refractivity contribution is 0.102. The number of amides is 1. The largest absolute Gasteiger partial charge is 0.370 e. The van der Waals surface area contributed by atoms with Crippen LogP contribution in [-0.4, -0.2) is 32.6 Å². The molecule has 23 heavy (non-hydrogen) atoms. The molecule has 0 saturated carbocycles. The van der Waals surface area contributed by atoms with Crippen molar-refractivity contribution in [2.24, 2.45) is 0 Å². The highest BCUT2D eigenvalue weighted by Crippen LogP contribution is 2.13. The van der Waals surface area contributed by atoms with E-state index in [-0.39, 0.29) is 5.91 Å². The summed E-state index contributed by atoms with van der Waals surface area (Å²) in [6.07, 6.45) is 4.26. The molecule has 3 heterocycles. The number of anilines is 2. The summed E-state index contributed by atoms with van der Waals surface area (Å²) in [6.45, 7) is 2.79. The van der Waals surface area contributed by atoms with E-state index in [0.717, 1.165) is 23.8 Å². The first-order valence-electron chi connectivity index (χ1n) is 6.89. The van der Waals surface area contributed by atoms with Crippen LogP contribution in [0, 0.1) is 6.92 Å². The van der Waals surface area contributed by atoms with Crippen molar-refractivity contribution in [3.05, 3.63) is 45.5 Å². The van der Waals surface area contributed by atoms with E-state index < -0.39 is 0 Å². The number of nitrogens with one attached hydrogen (secondary N) is 2. The summed E-state index contributed by atoms with van der Waals surface area (Å²) in [5.74, 6) is 0.477. The normalized spacial score (nSPS) is 10.5. The van der Waals surface area contributed by atoms with E-state index in [1.54, 1.807) is 29.0 Å². The van der Waals surface area contributed by atoms with Crippen molar-refractivity contribution < 1.29 is 4.79 Å². The molecule has 3 aromatic heterocycles. The molecule has 0 aliphatic heterocycles. The number of hydrogen-bond donors (Lipinski definition) is 2. The van der Waals surface area contributed by atoms with Crippen molar-refractivity contribution in [1.29, 1.82) is 0 Å². The second-order valence-corrected chi connectivity index (χ2v) is 6.82. The fraction of sp³-hybridized carbons (Fsp3) is 0.214. The van der Waals surface area contributed by atoms with E-state index in [1.165, 1.54) is 22.4 Å². The second-order valence-electron chi connectivity index (χ2n) is 4.67. The lowest BCUT2D eigenvalue weighted by atomic mass is 10.2. The Hall–Kier alpha value is -2.39. The van der Waals surface area contributed by atoms with Gasteiger partial charge in [-0.3, -0.25) is 10.1 Å². The number of aryl methyl sites for hydroxylation is 1. The van der Waals surface area contributed by atoms with E-state index in [1.807, 2.05) is 13.1 Å². The molecule has 0 bridgehead atoms. The summed E-state index contributed by atoms with van der Waals surface area (Å²) in [5, 5.41) is 14.9. The van der Waals surface area contributed by atoms with Crippen LogP contribution in [-0.2, 0) is 6.42 Å². The Morgan fingerprint density at radius 3 is 2.83 bits per heavy atom. The van der Waals surface area contributed by atoms with Crippen LogP contribution >= 0.6 is 22.7 Å². The van der Waals surface area contributed by atoms with Gasteiger partial charge in [-0.05, 0) is 19.1 Å². The smallest absolute Gasteiger partial charge is 0.259 e. The van der Waals surface area contributed by atoms with E-state index in [2.05, 4.69) is 30.8 Å². The molecule has 9 heteroatoms. The summed E-state index contributed by atoms with van der Waals surface area (Å²) in [4.78, 5) is 21.8. The molecule has 118 valence electrons. The van der Waals surface area contributed by atoms with Gasteiger partial charge in [0.2, 0.25) is 5.13 Å². The Morgan fingerprint density at radius 1 is 1.26 bits per heavy atom. The highest BCUT2D eigenvalue weighted by Gasteiger charge is 2.08. The second kappa shape index (κ2) is 7.25. The number of carbonyl (C=O) groups is 1. The summed E-state index contributed by atoms with van der Waals surface area (Å²) in [6, 6.07) is 3.50. The van der Waals surface area contributed by atoms with Gasteiger partial charge in [0.15, 0.2) is 0 Å². The molecular formula is C14H14N6OS2. The summed E-state index contributed by atoms with van der Waals surface area (Å²) < 4.78 is 0. The van der Waals surface area contributed by atoms with Crippen molar-refractivity contribution >= 4 is 39.5 Å². The van der Waals surface area contributed by atoms with Crippen LogP contribution < -0.4 is 10.6 Å². The molecule has 3 aromatic rings. The molecule has 0 atom stereocenters. The molecule has 7 nitrogen and oxygen atoms in total. The SMILES string of the molecule is Cc1cnc(CCNc2ccc(C(=O)Nc3nncs3)cn2)s1.